The van der Waals surface area contributed by atoms with Gasteiger partial charge in [0.15, 0.2) is 0 Å². The second kappa shape index (κ2) is 7.14. The lowest BCUT2D eigenvalue weighted by atomic mass is 9.83. The molecule has 2 atom stereocenters. The number of hydrogen-bond donors (Lipinski definition) is 3. The second-order valence-electron chi connectivity index (χ2n) is 6.79. The van der Waals surface area contributed by atoms with Crippen molar-refractivity contribution in [3.8, 4) is 0 Å². The van der Waals surface area contributed by atoms with Crippen molar-refractivity contribution >= 4 is 12.0 Å². The van der Waals surface area contributed by atoms with E-state index in [0.717, 1.165) is 32.2 Å². The first-order valence-corrected chi connectivity index (χ1v) is 8.32. The molecule has 0 bridgehead atoms. The summed E-state index contributed by atoms with van der Waals surface area (Å²) in [7, 11) is 0. The SMILES string of the molecule is CCC1(CNC(=O)NC2CCCC(C(=O)O)C2)CCCC1. The first-order chi connectivity index (χ1) is 10.0. The van der Waals surface area contributed by atoms with Crippen LogP contribution in [-0.4, -0.2) is 29.7 Å². The zero-order valence-corrected chi connectivity index (χ0v) is 13.0. The van der Waals surface area contributed by atoms with E-state index in [9.17, 15) is 9.59 Å². The van der Waals surface area contributed by atoms with E-state index in [4.69, 9.17) is 5.11 Å². The maximum Gasteiger partial charge on any atom is 0.315 e. The molecular weight excluding hydrogens is 268 g/mol. The molecule has 0 saturated heterocycles. The summed E-state index contributed by atoms with van der Waals surface area (Å²) in [5, 5.41) is 15.0. The van der Waals surface area contributed by atoms with Crippen LogP contribution in [0.5, 0.6) is 0 Å². The number of carbonyl (C=O) groups excluding carboxylic acids is 1. The summed E-state index contributed by atoms with van der Waals surface area (Å²) >= 11 is 0. The molecule has 0 aliphatic heterocycles. The topological polar surface area (TPSA) is 78.4 Å². The molecule has 2 fully saturated rings. The number of carbonyl (C=O) groups is 2. The summed E-state index contributed by atoms with van der Waals surface area (Å²) in [6.45, 7) is 2.94. The molecule has 2 amide bonds. The van der Waals surface area contributed by atoms with Crippen molar-refractivity contribution in [2.45, 2.75) is 70.8 Å². The van der Waals surface area contributed by atoms with Gasteiger partial charge in [0.25, 0.3) is 0 Å². The highest BCUT2D eigenvalue weighted by molar-refractivity contribution is 5.74. The molecule has 0 spiro atoms. The maximum absolute atomic E-state index is 12.0. The zero-order chi connectivity index (χ0) is 15.3. The minimum atomic E-state index is -0.738. The lowest BCUT2D eigenvalue weighted by Crippen LogP contribution is -2.47. The third kappa shape index (κ3) is 4.35. The molecule has 5 nitrogen and oxygen atoms in total. The average Bonchev–Trinajstić information content (AvgIpc) is 2.95. The molecule has 2 unspecified atom stereocenters. The molecule has 2 aliphatic rings. The lowest BCUT2D eigenvalue weighted by Gasteiger charge is -2.30. The molecule has 0 aromatic carbocycles. The predicted octanol–water partition coefficient (Wildman–Crippen LogP) is 2.90. The van der Waals surface area contributed by atoms with Crippen molar-refractivity contribution in [2.24, 2.45) is 11.3 Å². The molecule has 0 heterocycles. The monoisotopic (exact) mass is 296 g/mol. The van der Waals surface area contributed by atoms with Crippen LogP contribution in [0.15, 0.2) is 0 Å². The van der Waals surface area contributed by atoms with E-state index in [2.05, 4.69) is 17.6 Å². The largest absolute Gasteiger partial charge is 0.481 e. The van der Waals surface area contributed by atoms with Crippen molar-refractivity contribution < 1.29 is 14.7 Å². The molecule has 3 N–H and O–H groups in total. The number of aliphatic carboxylic acids is 1. The summed E-state index contributed by atoms with van der Waals surface area (Å²) in [6, 6.07) is -0.133. The summed E-state index contributed by atoms with van der Waals surface area (Å²) < 4.78 is 0. The number of amides is 2. The Hall–Kier alpha value is -1.26. The Morgan fingerprint density at radius 1 is 1.19 bits per heavy atom. The quantitative estimate of drug-likeness (QED) is 0.730. The van der Waals surface area contributed by atoms with Crippen molar-refractivity contribution in [3.63, 3.8) is 0 Å². The van der Waals surface area contributed by atoms with Crippen LogP contribution in [0.3, 0.4) is 0 Å². The summed E-state index contributed by atoms with van der Waals surface area (Å²) in [4.78, 5) is 23.1. The van der Waals surface area contributed by atoms with Gasteiger partial charge in [0.05, 0.1) is 5.92 Å². The number of urea groups is 1. The normalized spacial score (nSPS) is 28.0. The van der Waals surface area contributed by atoms with Crippen LogP contribution in [0.4, 0.5) is 4.79 Å². The van der Waals surface area contributed by atoms with Gasteiger partial charge in [-0.25, -0.2) is 4.79 Å². The minimum Gasteiger partial charge on any atom is -0.481 e. The van der Waals surface area contributed by atoms with E-state index in [1.165, 1.54) is 25.7 Å². The van der Waals surface area contributed by atoms with Crippen LogP contribution in [0.25, 0.3) is 0 Å². The van der Waals surface area contributed by atoms with E-state index in [1.807, 2.05) is 0 Å². The van der Waals surface area contributed by atoms with Crippen molar-refractivity contribution in [3.05, 3.63) is 0 Å². The highest BCUT2D eigenvalue weighted by Crippen LogP contribution is 2.40. The van der Waals surface area contributed by atoms with Gasteiger partial charge in [0, 0.05) is 12.6 Å². The predicted molar refractivity (Wildman–Crippen MR) is 81.1 cm³/mol. The Bertz CT molecular complexity index is 378. The fraction of sp³-hybridized carbons (Fsp3) is 0.875. The molecule has 0 aromatic heterocycles. The smallest absolute Gasteiger partial charge is 0.315 e. The van der Waals surface area contributed by atoms with E-state index in [1.54, 1.807) is 0 Å². The summed E-state index contributed by atoms with van der Waals surface area (Å²) in [5.41, 5.74) is 0.285. The van der Waals surface area contributed by atoms with Gasteiger partial charge in [-0.2, -0.15) is 0 Å². The van der Waals surface area contributed by atoms with Crippen LogP contribution in [0.1, 0.15) is 64.7 Å². The summed E-state index contributed by atoms with van der Waals surface area (Å²) in [5.74, 6) is -1.04. The second-order valence-corrected chi connectivity index (χ2v) is 6.79. The molecule has 2 rings (SSSR count). The fourth-order valence-corrected chi connectivity index (χ4v) is 3.83. The molecule has 21 heavy (non-hydrogen) atoms. The first kappa shape index (κ1) is 16.1. The van der Waals surface area contributed by atoms with E-state index in [0.29, 0.717) is 6.42 Å². The van der Waals surface area contributed by atoms with E-state index >= 15 is 0 Å². The maximum atomic E-state index is 12.0. The highest BCUT2D eigenvalue weighted by atomic mass is 16.4. The van der Waals surface area contributed by atoms with Crippen LogP contribution < -0.4 is 10.6 Å². The van der Waals surface area contributed by atoms with Gasteiger partial charge in [-0.1, -0.05) is 26.2 Å². The highest BCUT2D eigenvalue weighted by Gasteiger charge is 2.33. The van der Waals surface area contributed by atoms with Crippen molar-refractivity contribution in [1.82, 2.24) is 10.6 Å². The number of nitrogens with one attached hydrogen (secondary N) is 2. The fourth-order valence-electron chi connectivity index (χ4n) is 3.83. The third-order valence-electron chi connectivity index (χ3n) is 5.40. The summed E-state index contributed by atoms with van der Waals surface area (Å²) in [6.07, 6.45) is 9.09. The Kier molecular flexibility index (Phi) is 5.48. The Labute approximate surface area is 126 Å². The average molecular weight is 296 g/mol. The first-order valence-electron chi connectivity index (χ1n) is 8.32. The number of carboxylic acid groups (broad SMARTS) is 1. The van der Waals surface area contributed by atoms with E-state index in [-0.39, 0.29) is 23.4 Å². The van der Waals surface area contributed by atoms with Gasteiger partial charge in [-0.15, -0.1) is 0 Å². The number of hydrogen-bond acceptors (Lipinski definition) is 2. The molecule has 5 heteroatoms. The van der Waals surface area contributed by atoms with Crippen molar-refractivity contribution in [1.29, 1.82) is 0 Å². The molecular formula is C16H28N2O3. The Morgan fingerprint density at radius 2 is 1.90 bits per heavy atom. The van der Waals surface area contributed by atoms with Gasteiger partial charge in [-0.05, 0) is 43.9 Å². The molecule has 0 aromatic rings. The minimum absolute atomic E-state index is 0.000930. The van der Waals surface area contributed by atoms with Gasteiger partial charge in [-0.3, -0.25) is 4.79 Å². The standard InChI is InChI=1S/C16H28N2O3/c1-2-16(8-3-4-9-16)11-17-15(21)18-13-7-5-6-12(10-13)14(19)20/h12-13H,2-11H2,1H3,(H,19,20)(H2,17,18,21). The van der Waals surface area contributed by atoms with E-state index < -0.39 is 5.97 Å². The van der Waals surface area contributed by atoms with Gasteiger partial charge in [0.1, 0.15) is 0 Å². The Balaban J connectivity index is 1.75. The number of rotatable bonds is 5. The van der Waals surface area contributed by atoms with Crippen LogP contribution >= 0.6 is 0 Å². The van der Waals surface area contributed by atoms with Crippen LogP contribution in [0, 0.1) is 11.3 Å². The van der Waals surface area contributed by atoms with Crippen molar-refractivity contribution in [2.75, 3.05) is 6.54 Å². The van der Waals surface area contributed by atoms with Crippen LogP contribution in [-0.2, 0) is 4.79 Å². The molecule has 0 radical (unpaired) electrons. The van der Waals surface area contributed by atoms with Gasteiger partial charge >= 0.3 is 12.0 Å². The Morgan fingerprint density at radius 3 is 2.52 bits per heavy atom. The molecule has 2 aliphatic carbocycles. The zero-order valence-electron chi connectivity index (χ0n) is 13.0. The third-order valence-corrected chi connectivity index (χ3v) is 5.40. The lowest BCUT2D eigenvalue weighted by molar-refractivity contribution is -0.143. The number of carboxylic acids is 1. The van der Waals surface area contributed by atoms with Gasteiger partial charge in [0.2, 0.25) is 0 Å². The van der Waals surface area contributed by atoms with Crippen LogP contribution in [0.2, 0.25) is 0 Å². The molecule has 120 valence electrons. The van der Waals surface area contributed by atoms with Gasteiger partial charge < -0.3 is 15.7 Å². The molecule has 2 saturated carbocycles.